The van der Waals surface area contributed by atoms with Gasteiger partial charge >= 0.3 is 0 Å². The number of imidazole rings is 1. The molecule has 6 nitrogen and oxygen atoms in total. The third kappa shape index (κ3) is 4.82. The van der Waals surface area contributed by atoms with E-state index in [2.05, 4.69) is 37.1 Å². The third-order valence-corrected chi connectivity index (χ3v) is 4.77. The van der Waals surface area contributed by atoms with Gasteiger partial charge in [-0.1, -0.05) is 39.0 Å². The maximum Gasteiger partial charge on any atom is 0.261 e. The summed E-state index contributed by atoms with van der Waals surface area (Å²) >= 11 is 0. The second-order valence-electron chi connectivity index (χ2n) is 7.74. The lowest BCUT2D eigenvalue weighted by atomic mass is 9.86. The summed E-state index contributed by atoms with van der Waals surface area (Å²) < 4.78 is 7.90. The summed E-state index contributed by atoms with van der Waals surface area (Å²) in [7, 11) is 1.95. The predicted octanol–water partition coefficient (Wildman–Crippen LogP) is 2.69. The lowest BCUT2D eigenvalue weighted by molar-refractivity contribution is -0.137. The number of carbonyl (C=O) groups excluding carboxylic acids is 1. The van der Waals surface area contributed by atoms with Crippen molar-refractivity contribution in [1.82, 2.24) is 19.8 Å². The number of hydrogen-bond acceptors (Lipinski definition) is 4. The van der Waals surface area contributed by atoms with Crippen LogP contribution in [0.25, 0.3) is 0 Å². The van der Waals surface area contributed by atoms with Crippen molar-refractivity contribution in [2.75, 3.05) is 26.2 Å². The molecule has 1 aliphatic heterocycles. The van der Waals surface area contributed by atoms with E-state index < -0.39 is 0 Å². The van der Waals surface area contributed by atoms with E-state index in [0.717, 1.165) is 23.7 Å². The lowest BCUT2D eigenvalue weighted by Crippen LogP contribution is -2.50. The molecule has 1 aromatic heterocycles. The highest BCUT2D eigenvalue weighted by atomic mass is 35.5. The van der Waals surface area contributed by atoms with E-state index in [4.69, 9.17) is 4.74 Å². The van der Waals surface area contributed by atoms with Gasteiger partial charge in [-0.2, -0.15) is 0 Å². The number of halogens is 1. The van der Waals surface area contributed by atoms with Crippen molar-refractivity contribution in [1.29, 1.82) is 0 Å². The molecule has 0 spiro atoms. The molecule has 1 atom stereocenters. The Morgan fingerprint density at radius 2 is 2.07 bits per heavy atom. The standard InChI is InChI=1S/C20H28N4O2.ClH/c1-20(2,3)15-7-5-6-8-17(15)26-14-18(25)24-12-9-21-13-16(24)19-22-10-11-23(19)4;/h5-8,10-11,16,21H,9,12-14H2,1-4H3;1H. The van der Waals surface area contributed by atoms with Crippen LogP contribution in [0.4, 0.5) is 0 Å². The number of aromatic nitrogens is 2. The average Bonchev–Trinajstić information content (AvgIpc) is 3.05. The highest BCUT2D eigenvalue weighted by molar-refractivity contribution is 5.85. The molecule has 0 bridgehead atoms. The Hall–Kier alpha value is -2.05. The number of ether oxygens (including phenoxy) is 1. The van der Waals surface area contributed by atoms with Crippen molar-refractivity contribution in [3.05, 3.63) is 48.0 Å². The largest absolute Gasteiger partial charge is 0.483 e. The first kappa shape index (κ1) is 21.3. The predicted molar refractivity (Wildman–Crippen MR) is 108 cm³/mol. The summed E-state index contributed by atoms with van der Waals surface area (Å²) in [5.41, 5.74) is 1.07. The van der Waals surface area contributed by atoms with Gasteiger partial charge in [0.25, 0.3) is 5.91 Å². The number of benzene rings is 1. The van der Waals surface area contributed by atoms with Crippen LogP contribution in [0.15, 0.2) is 36.7 Å². The number of nitrogens with one attached hydrogen (secondary N) is 1. The zero-order valence-corrected chi connectivity index (χ0v) is 17.3. The third-order valence-electron chi connectivity index (χ3n) is 4.77. The Balaban J connectivity index is 0.00000261. The molecule has 1 amide bonds. The minimum atomic E-state index is -0.0716. The van der Waals surface area contributed by atoms with Crippen molar-refractivity contribution < 1.29 is 9.53 Å². The SMILES string of the molecule is Cl.Cn1ccnc1C1CNCCN1C(=O)COc1ccccc1C(C)(C)C. The molecule has 0 aliphatic carbocycles. The van der Waals surface area contributed by atoms with E-state index in [1.54, 1.807) is 6.20 Å². The van der Waals surface area contributed by atoms with Crippen molar-refractivity contribution in [3.8, 4) is 5.75 Å². The van der Waals surface area contributed by atoms with Gasteiger partial charge in [-0.3, -0.25) is 4.79 Å². The number of amides is 1. The van der Waals surface area contributed by atoms with E-state index in [0.29, 0.717) is 13.1 Å². The maximum atomic E-state index is 12.9. The van der Waals surface area contributed by atoms with Gasteiger partial charge in [-0.05, 0) is 17.0 Å². The molecular formula is C20H29ClN4O2. The quantitative estimate of drug-likeness (QED) is 0.869. The normalized spacial score (nSPS) is 17.3. The second-order valence-corrected chi connectivity index (χ2v) is 7.74. The fourth-order valence-electron chi connectivity index (χ4n) is 3.37. The molecule has 1 aliphatic rings. The van der Waals surface area contributed by atoms with Crippen molar-refractivity contribution >= 4 is 18.3 Å². The number of piperazine rings is 1. The van der Waals surface area contributed by atoms with E-state index in [1.165, 1.54) is 0 Å². The fraction of sp³-hybridized carbons (Fsp3) is 0.500. The van der Waals surface area contributed by atoms with Crippen LogP contribution in [0, 0.1) is 0 Å². The Labute approximate surface area is 167 Å². The monoisotopic (exact) mass is 392 g/mol. The molecule has 148 valence electrons. The first-order valence-corrected chi connectivity index (χ1v) is 9.07. The maximum absolute atomic E-state index is 12.9. The summed E-state index contributed by atoms with van der Waals surface area (Å²) in [6.07, 6.45) is 3.67. The number of carbonyl (C=O) groups is 1. The van der Waals surface area contributed by atoms with Gasteiger partial charge in [0.1, 0.15) is 17.6 Å². The number of nitrogens with zero attached hydrogens (tertiary/aromatic N) is 3. The molecule has 1 fully saturated rings. The molecule has 1 N–H and O–H groups in total. The van der Waals surface area contributed by atoms with Crippen LogP contribution < -0.4 is 10.1 Å². The van der Waals surface area contributed by atoms with Crippen LogP contribution in [-0.4, -0.2) is 46.6 Å². The number of hydrogen-bond donors (Lipinski definition) is 1. The second kappa shape index (κ2) is 8.76. The first-order valence-electron chi connectivity index (χ1n) is 9.07. The number of rotatable bonds is 4. The van der Waals surface area contributed by atoms with Crippen LogP contribution in [0.5, 0.6) is 5.75 Å². The van der Waals surface area contributed by atoms with E-state index in [1.807, 2.05) is 40.9 Å². The zero-order valence-electron chi connectivity index (χ0n) is 16.4. The lowest BCUT2D eigenvalue weighted by Gasteiger charge is -2.35. The Kier molecular flexibility index (Phi) is 6.89. The summed E-state index contributed by atoms with van der Waals surface area (Å²) in [5, 5.41) is 3.35. The average molecular weight is 393 g/mol. The zero-order chi connectivity index (χ0) is 18.7. The van der Waals surface area contributed by atoms with Crippen LogP contribution in [-0.2, 0) is 17.3 Å². The van der Waals surface area contributed by atoms with Crippen LogP contribution >= 0.6 is 12.4 Å². The van der Waals surface area contributed by atoms with E-state index in [-0.39, 0.29) is 36.4 Å². The summed E-state index contributed by atoms with van der Waals surface area (Å²) in [6, 6.07) is 7.86. The highest BCUT2D eigenvalue weighted by Gasteiger charge is 2.30. The Morgan fingerprint density at radius 3 is 2.74 bits per heavy atom. The van der Waals surface area contributed by atoms with Gasteiger partial charge in [0.2, 0.25) is 0 Å². The van der Waals surface area contributed by atoms with Gasteiger partial charge in [0.05, 0.1) is 0 Å². The smallest absolute Gasteiger partial charge is 0.261 e. The van der Waals surface area contributed by atoms with E-state index in [9.17, 15) is 4.79 Å². The summed E-state index contributed by atoms with van der Waals surface area (Å²) in [5.74, 6) is 1.65. The molecule has 1 saturated heterocycles. The molecule has 3 rings (SSSR count). The fourth-order valence-corrected chi connectivity index (χ4v) is 3.37. The molecule has 2 heterocycles. The van der Waals surface area contributed by atoms with Crippen molar-refractivity contribution in [3.63, 3.8) is 0 Å². The molecule has 0 radical (unpaired) electrons. The minimum Gasteiger partial charge on any atom is -0.483 e. The topological polar surface area (TPSA) is 59.4 Å². The van der Waals surface area contributed by atoms with Gasteiger partial charge in [0.15, 0.2) is 6.61 Å². The van der Waals surface area contributed by atoms with Gasteiger partial charge in [-0.15, -0.1) is 12.4 Å². The van der Waals surface area contributed by atoms with Gasteiger partial charge in [-0.25, -0.2) is 4.98 Å². The van der Waals surface area contributed by atoms with Crippen molar-refractivity contribution in [2.45, 2.75) is 32.2 Å². The molecule has 0 saturated carbocycles. The van der Waals surface area contributed by atoms with Crippen molar-refractivity contribution in [2.24, 2.45) is 7.05 Å². The van der Waals surface area contributed by atoms with Crippen LogP contribution in [0.2, 0.25) is 0 Å². The minimum absolute atomic E-state index is 0. The molecule has 7 heteroatoms. The number of aryl methyl sites for hydroxylation is 1. The Bertz CT molecular complexity index is 769. The first-order chi connectivity index (χ1) is 12.4. The van der Waals surface area contributed by atoms with Crippen LogP contribution in [0.3, 0.4) is 0 Å². The van der Waals surface area contributed by atoms with Crippen LogP contribution in [0.1, 0.15) is 38.2 Å². The molecule has 1 aromatic carbocycles. The highest BCUT2D eigenvalue weighted by Crippen LogP contribution is 2.31. The molecular weight excluding hydrogens is 364 g/mol. The van der Waals surface area contributed by atoms with E-state index >= 15 is 0 Å². The molecule has 27 heavy (non-hydrogen) atoms. The van der Waals surface area contributed by atoms with Gasteiger partial charge < -0.3 is 19.5 Å². The molecule has 2 aromatic rings. The molecule has 1 unspecified atom stereocenters. The van der Waals surface area contributed by atoms with Gasteiger partial charge in [0, 0.05) is 39.1 Å². The number of para-hydroxylation sites is 1. The summed E-state index contributed by atoms with van der Waals surface area (Å²) in [6.45, 7) is 8.61. The summed E-state index contributed by atoms with van der Waals surface area (Å²) in [4.78, 5) is 19.2. The Morgan fingerprint density at radius 1 is 1.33 bits per heavy atom.